The van der Waals surface area contributed by atoms with Crippen LogP contribution in [0.1, 0.15) is 19.3 Å². The molecular weight excluding hydrogens is 256 g/mol. The highest BCUT2D eigenvalue weighted by Gasteiger charge is 2.41. The zero-order valence-electron chi connectivity index (χ0n) is 12.9. The van der Waals surface area contributed by atoms with Crippen LogP contribution < -0.4 is 10.6 Å². The molecule has 0 amide bonds. The van der Waals surface area contributed by atoms with Crippen LogP contribution in [0, 0.1) is 0 Å². The lowest BCUT2D eigenvalue weighted by Gasteiger charge is -2.23. The Labute approximate surface area is 121 Å². The first kappa shape index (κ1) is 15.5. The molecule has 3 atom stereocenters. The van der Waals surface area contributed by atoms with E-state index in [4.69, 9.17) is 9.47 Å². The third-order valence-electron chi connectivity index (χ3n) is 4.11. The number of aliphatic imine (C=N–C) groups is 1. The van der Waals surface area contributed by atoms with E-state index in [9.17, 15) is 0 Å². The summed E-state index contributed by atoms with van der Waals surface area (Å²) in [5.74, 6) is 0.881. The first-order valence-corrected chi connectivity index (χ1v) is 7.53. The van der Waals surface area contributed by atoms with Crippen molar-refractivity contribution >= 4 is 5.96 Å². The van der Waals surface area contributed by atoms with Gasteiger partial charge < -0.3 is 25.0 Å². The van der Waals surface area contributed by atoms with Crippen LogP contribution in [0.15, 0.2) is 4.99 Å². The van der Waals surface area contributed by atoms with Crippen LogP contribution in [-0.4, -0.2) is 76.6 Å². The zero-order chi connectivity index (χ0) is 14.4. The van der Waals surface area contributed by atoms with E-state index in [1.807, 2.05) is 7.05 Å². The van der Waals surface area contributed by atoms with Gasteiger partial charge in [-0.3, -0.25) is 4.99 Å². The Morgan fingerprint density at radius 1 is 1.40 bits per heavy atom. The fourth-order valence-corrected chi connectivity index (χ4v) is 2.88. The monoisotopic (exact) mass is 284 g/mol. The Kier molecular flexibility index (Phi) is 6.06. The van der Waals surface area contributed by atoms with Gasteiger partial charge in [0.2, 0.25) is 0 Å². The lowest BCUT2D eigenvalue weighted by Crippen LogP contribution is -2.48. The van der Waals surface area contributed by atoms with Gasteiger partial charge in [-0.15, -0.1) is 0 Å². The second-order valence-electron chi connectivity index (χ2n) is 5.66. The summed E-state index contributed by atoms with van der Waals surface area (Å²) in [6, 6.07) is 0.422. The third-order valence-corrected chi connectivity index (χ3v) is 4.11. The van der Waals surface area contributed by atoms with Crippen LogP contribution in [0.3, 0.4) is 0 Å². The van der Waals surface area contributed by atoms with E-state index in [1.165, 1.54) is 12.8 Å². The van der Waals surface area contributed by atoms with Crippen LogP contribution in [-0.2, 0) is 9.47 Å². The second kappa shape index (κ2) is 7.81. The van der Waals surface area contributed by atoms with Crippen LogP contribution in [0.2, 0.25) is 0 Å². The third kappa shape index (κ3) is 4.33. The molecule has 6 nitrogen and oxygen atoms in total. The van der Waals surface area contributed by atoms with Gasteiger partial charge in [-0.1, -0.05) is 0 Å². The standard InChI is InChI=1S/C14H28N4O2/c1-15-14(16-6-7-18(2)8-9-19-3)17-12-10-11-4-5-13(12)20-11/h11-13H,4-10H2,1-3H3,(H2,15,16,17). The molecule has 6 heteroatoms. The van der Waals surface area contributed by atoms with Gasteiger partial charge in [-0.25, -0.2) is 0 Å². The van der Waals surface area contributed by atoms with Crippen molar-refractivity contribution in [2.24, 2.45) is 4.99 Å². The van der Waals surface area contributed by atoms with Gasteiger partial charge in [0.25, 0.3) is 0 Å². The number of hydrogen-bond acceptors (Lipinski definition) is 4. The SMILES string of the molecule is CN=C(NCCN(C)CCOC)NC1CC2CCC1O2. The summed E-state index contributed by atoms with van der Waals surface area (Å²) in [6.07, 6.45) is 4.36. The minimum absolute atomic E-state index is 0.378. The molecule has 2 fully saturated rings. The minimum Gasteiger partial charge on any atom is -0.383 e. The van der Waals surface area contributed by atoms with Crippen LogP contribution in [0.4, 0.5) is 0 Å². The summed E-state index contributed by atoms with van der Waals surface area (Å²) in [7, 11) is 5.65. The number of nitrogens with zero attached hydrogens (tertiary/aromatic N) is 2. The molecule has 2 saturated heterocycles. The van der Waals surface area contributed by atoms with E-state index in [0.717, 1.165) is 38.6 Å². The van der Waals surface area contributed by atoms with E-state index in [-0.39, 0.29) is 0 Å². The Balaban J connectivity index is 1.63. The number of guanidine groups is 1. The molecule has 2 N–H and O–H groups in total. The summed E-state index contributed by atoms with van der Waals surface area (Å²) < 4.78 is 10.9. The smallest absolute Gasteiger partial charge is 0.191 e. The number of fused-ring (bicyclic) bond motifs is 2. The van der Waals surface area contributed by atoms with Gasteiger partial charge in [0, 0.05) is 33.8 Å². The largest absolute Gasteiger partial charge is 0.383 e. The summed E-state index contributed by atoms with van der Waals surface area (Å²) in [5, 5.41) is 6.85. The average Bonchev–Trinajstić information content (AvgIpc) is 3.06. The quantitative estimate of drug-likeness (QED) is 0.511. The highest BCUT2D eigenvalue weighted by Crippen LogP contribution is 2.34. The minimum atomic E-state index is 0.378. The van der Waals surface area contributed by atoms with Crippen molar-refractivity contribution in [2.75, 3.05) is 47.4 Å². The van der Waals surface area contributed by atoms with Gasteiger partial charge in [-0.05, 0) is 26.3 Å². The molecule has 0 aromatic heterocycles. The Morgan fingerprint density at radius 2 is 2.25 bits per heavy atom. The molecule has 0 radical (unpaired) electrons. The van der Waals surface area contributed by atoms with Gasteiger partial charge >= 0.3 is 0 Å². The van der Waals surface area contributed by atoms with Crippen LogP contribution in [0.25, 0.3) is 0 Å². The normalized spacial score (nSPS) is 29.2. The highest BCUT2D eigenvalue weighted by atomic mass is 16.5. The Morgan fingerprint density at radius 3 is 2.85 bits per heavy atom. The molecule has 0 aromatic rings. The fraction of sp³-hybridized carbons (Fsp3) is 0.929. The topological polar surface area (TPSA) is 58.1 Å². The molecule has 3 unspecified atom stereocenters. The van der Waals surface area contributed by atoms with Gasteiger partial charge in [0.1, 0.15) is 0 Å². The molecule has 116 valence electrons. The van der Waals surface area contributed by atoms with Crippen molar-refractivity contribution < 1.29 is 9.47 Å². The maximum Gasteiger partial charge on any atom is 0.191 e. The molecule has 20 heavy (non-hydrogen) atoms. The predicted molar refractivity (Wildman–Crippen MR) is 80.2 cm³/mol. The number of hydrogen-bond donors (Lipinski definition) is 2. The van der Waals surface area contributed by atoms with E-state index in [0.29, 0.717) is 18.2 Å². The van der Waals surface area contributed by atoms with E-state index in [1.54, 1.807) is 7.11 Å². The number of rotatable bonds is 7. The van der Waals surface area contributed by atoms with Crippen molar-refractivity contribution in [3.63, 3.8) is 0 Å². The second-order valence-corrected chi connectivity index (χ2v) is 5.66. The number of ether oxygens (including phenoxy) is 2. The van der Waals surface area contributed by atoms with Crippen molar-refractivity contribution in [2.45, 2.75) is 37.5 Å². The van der Waals surface area contributed by atoms with Crippen LogP contribution >= 0.6 is 0 Å². The molecule has 0 spiro atoms. The van der Waals surface area contributed by atoms with E-state index in [2.05, 4.69) is 27.6 Å². The van der Waals surface area contributed by atoms with Crippen LogP contribution in [0.5, 0.6) is 0 Å². The molecule has 2 aliphatic heterocycles. The molecular formula is C14H28N4O2. The maximum atomic E-state index is 5.85. The first-order chi connectivity index (χ1) is 9.72. The average molecular weight is 284 g/mol. The van der Waals surface area contributed by atoms with Crippen molar-refractivity contribution in [1.29, 1.82) is 0 Å². The zero-order valence-corrected chi connectivity index (χ0v) is 12.9. The molecule has 2 aliphatic rings. The Hall–Kier alpha value is -0.850. The van der Waals surface area contributed by atoms with Crippen molar-refractivity contribution in [3.05, 3.63) is 0 Å². The molecule has 0 aromatic carbocycles. The molecule has 0 aliphatic carbocycles. The number of likely N-dealkylation sites (N-methyl/N-ethyl adjacent to an activating group) is 1. The number of methoxy groups -OCH3 is 1. The summed E-state index contributed by atoms with van der Waals surface area (Å²) in [6.45, 7) is 3.56. The predicted octanol–water partition coefficient (Wildman–Crippen LogP) is 0.0495. The Bertz CT molecular complexity index is 324. The molecule has 2 rings (SSSR count). The highest BCUT2D eigenvalue weighted by molar-refractivity contribution is 5.80. The lowest BCUT2D eigenvalue weighted by molar-refractivity contribution is 0.0992. The molecule has 2 heterocycles. The van der Waals surface area contributed by atoms with Crippen molar-refractivity contribution in [3.8, 4) is 0 Å². The maximum absolute atomic E-state index is 5.85. The van der Waals surface area contributed by atoms with E-state index < -0.39 is 0 Å². The first-order valence-electron chi connectivity index (χ1n) is 7.53. The fourth-order valence-electron chi connectivity index (χ4n) is 2.88. The van der Waals surface area contributed by atoms with Gasteiger partial charge in [-0.2, -0.15) is 0 Å². The van der Waals surface area contributed by atoms with E-state index >= 15 is 0 Å². The van der Waals surface area contributed by atoms with Crippen molar-refractivity contribution in [1.82, 2.24) is 15.5 Å². The van der Waals surface area contributed by atoms with Gasteiger partial charge in [0.05, 0.1) is 24.9 Å². The van der Waals surface area contributed by atoms with Gasteiger partial charge in [0.15, 0.2) is 5.96 Å². The summed E-state index contributed by atoms with van der Waals surface area (Å²) in [5.41, 5.74) is 0. The number of nitrogens with one attached hydrogen (secondary N) is 2. The molecule has 0 saturated carbocycles. The summed E-state index contributed by atoms with van der Waals surface area (Å²) >= 11 is 0. The lowest BCUT2D eigenvalue weighted by atomic mass is 9.96. The molecule has 2 bridgehead atoms. The summed E-state index contributed by atoms with van der Waals surface area (Å²) in [4.78, 5) is 6.53.